The highest BCUT2D eigenvalue weighted by Crippen LogP contribution is 2.11. The van der Waals surface area contributed by atoms with Crippen LogP contribution in [-0.2, 0) is 6.42 Å². The maximum atomic E-state index is 11.8. The molecule has 0 aromatic carbocycles. The maximum absolute atomic E-state index is 11.8. The van der Waals surface area contributed by atoms with Crippen molar-refractivity contribution in [2.45, 2.75) is 27.2 Å². The van der Waals surface area contributed by atoms with Crippen molar-refractivity contribution in [1.29, 1.82) is 0 Å². The Bertz CT molecular complexity index is 383. The number of carbonyl (C=O) groups is 1. The van der Waals surface area contributed by atoms with Crippen molar-refractivity contribution in [3.05, 3.63) is 29.6 Å². The third kappa shape index (κ3) is 4.95. The van der Waals surface area contributed by atoms with E-state index in [1.54, 1.807) is 18.3 Å². The SMILES string of the molecule is CC(C)(C)CNC(=O)c1ccnc(CCO)c1. The average molecular weight is 236 g/mol. The van der Waals surface area contributed by atoms with Gasteiger partial charge in [-0.05, 0) is 17.5 Å². The Morgan fingerprint density at radius 1 is 1.47 bits per heavy atom. The van der Waals surface area contributed by atoms with E-state index in [0.29, 0.717) is 18.5 Å². The van der Waals surface area contributed by atoms with Crippen LogP contribution < -0.4 is 5.32 Å². The normalized spacial score (nSPS) is 11.3. The van der Waals surface area contributed by atoms with Crippen LogP contribution in [0.2, 0.25) is 0 Å². The van der Waals surface area contributed by atoms with Gasteiger partial charge in [0.1, 0.15) is 0 Å². The second-order valence-corrected chi connectivity index (χ2v) is 5.25. The van der Waals surface area contributed by atoms with Gasteiger partial charge in [-0.2, -0.15) is 0 Å². The van der Waals surface area contributed by atoms with Crippen molar-refractivity contribution in [3.63, 3.8) is 0 Å². The quantitative estimate of drug-likeness (QED) is 0.830. The minimum atomic E-state index is -0.0958. The number of nitrogens with one attached hydrogen (secondary N) is 1. The summed E-state index contributed by atoms with van der Waals surface area (Å²) in [5, 5.41) is 11.7. The predicted molar refractivity (Wildman–Crippen MR) is 66.8 cm³/mol. The van der Waals surface area contributed by atoms with Gasteiger partial charge in [-0.3, -0.25) is 9.78 Å². The number of aliphatic hydroxyl groups is 1. The zero-order chi connectivity index (χ0) is 12.9. The second kappa shape index (κ2) is 5.77. The largest absolute Gasteiger partial charge is 0.396 e. The molecule has 94 valence electrons. The molecular weight excluding hydrogens is 216 g/mol. The fraction of sp³-hybridized carbons (Fsp3) is 0.538. The van der Waals surface area contributed by atoms with E-state index in [1.807, 2.05) is 0 Å². The zero-order valence-corrected chi connectivity index (χ0v) is 10.7. The molecule has 1 aromatic heterocycles. The summed E-state index contributed by atoms with van der Waals surface area (Å²) in [7, 11) is 0. The molecule has 1 amide bonds. The van der Waals surface area contributed by atoms with Crippen LogP contribution in [0.3, 0.4) is 0 Å². The van der Waals surface area contributed by atoms with Crippen molar-refractivity contribution in [1.82, 2.24) is 10.3 Å². The summed E-state index contributed by atoms with van der Waals surface area (Å²) in [6, 6.07) is 3.40. The van der Waals surface area contributed by atoms with Gasteiger partial charge in [0.2, 0.25) is 0 Å². The molecular formula is C13H20N2O2. The Hall–Kier alpha value is -1.42. The van der Waals surface area contributed by atoms with Gasteiger partial charge < -0.3 is 10.4 Å². The molecule has 0 saturated heterocycles. The molecule has 0 radical (unpaired) electrons. The topological polar surface area (TPSA) is 62.2 Å². The third-order valence-electron chi connectivity index (χ3n) is 2.23. The van der Waals surface area contributed by atoms with Crippen LogP contribution >= 0.6 is 0 Å². The lowest BCUT2D eigenvalue weighted by molar-refractivity contribution is 0.0939. The molecule has 0 bridgehead atoms. The van der Waals surface area contributed by atoms with Crippen LogP contribution in [0.5, 0.6) is 0 Å². The van der Waals surface area contributed by atoms with Gasteiger partial charge in [0.05, 0.1) is 0 Å². The summed E-state index contributed by atoms with van der Waals surface area (Å²) in [5.41, 5.74) is 1.39. The Morgan fingerprint density at radius 3 is 2.76 bits per heavy atom. The van der Waals surface area contributed by atoms with E-state index in [-0.39, 0.29) is 17.9 Å². The first-order valence-corrected chi connectivity index (χ1v) is 5.76. The van der Waals surface area contributed by atoms with Gasteiger partial charge in [0, 0.05) is 37.0 Å². The standard InChI is InChI=1S/C13H20N2O2/c1-13(2,3)9-15-12(17)10-4-6-14-11(8-10)5-7-16/h4,6,8,16H,5,7,9H2,1-3H3,(H,15,17). The molecule has 0 atom stereocenters. The van der Waals surface area contributed by atoms with Crippen LogP contribution in [0.15, 0.2) is 18.3 Å². The first-order valence-electron chi connectivity index (χ1n) is 5.76. The van der Waals surface area contributed by atoms with Crippen molar-refractivity contribution in [2.75, 3.05) is 13.2 Å². The van der Waals surface area contributed by atoms with Crippen molar-refractivity contribution in [2.24, 2.45) is 5.41 Å². The first-order chi connectivity index (χ1) is 7.92. The first kappa shape index (κ1) is 13.6. The van der Waals surface area contributed by atoms with E-state index < -0.39 is 0 Å². The van der Waals surface area contributed by atoms with E-state index in [9.17, 15) is 4.79 Å². The average Bonchev–Trinajstić information content (AvgIpc) is 2.26. The number of hydrogen-bond acceptors (Lipinski definition) is 3. The highest BCUT2D eigenvalue weighted by atomic mass is 16.3. The zero-order valence-electron chi connectivity index (χ0n) is 10.7. The monoisotopic (exact) mass is 236 g/mol. The summed E-state index contributed by atoms with van der Waals surface area (Å²) in [6.45, 7) is 6.87. The van der Waals surface area contributed by atoms with E-state index in [4.69, 9.17) is 5.11 Å². The predicted octanol–water partition coefficient (Wildman–Crippen LogP) is 1.39. The van der Waals surface area contributed by atoms with Gasteiger partial charge >= 0.3 is 0 Å². The van der Waals surface area contributed by atoms with Crippen LogP contribution in [0, 0.1) is 5.41 Å². The third-order valence-corrected chi connectivity index (χ3v) is 2.23. The highest BCUT2D eigenvalue weighted by molar-refractivity contribution is 5.94. The Kier molecular flexibility index (Phi) is 4.63. The lowest BCUT2D eigenvalue weighted by Crippen LogP contribution is -2.32. The van der Waals surface area contributed by atoms with Crippen LogP contribution in [0.25, 0.3) is 0 Å². The van der Waals surface area contributed by atoms with Crippen LogP contribution in [0.4, 0.5) is 0 Å². The molecule has 17 heavy (non-hydrogen) atoms. The molecule has 0 spiro atoms. The van der Waals surface area contributed by atoms with Gasteiger partial charge in [0.15, 0.2) is 0 Å². The van der Waals surface area contributed by atoms with Crippen LogP contribution in [-0.4, -0.2) is 29.1 Å². The smallest absolute Gasteiger partial charge is 0.251 e. The molecule has 0 unspecified atom stereocenters. The molecule has 0 saturated carbocycles. The molecule has 0 aliphatic heterocycles. The molecule has 0 aliphatic carbocycles. The number of aromatic nitrogens is 1. The maximum Gasteiger partial charge on any atom is 0.251 e. The van der Waals surface area contributed by atoms with Gasteiger partial charge in [-0.15, -0.1) is 0 Å². The molecule has 0 fully saturated rings. The van der Waals surface area contributed by atoms with E-state index in [2.05, 4.69) is 31.1 Å². The minimum Gasteiger partial charge on any atom is -0.396 e. The number of nitrogens with zero attached hydrogens (tertiary/aromatic N) is 1. The molecule has 2 N–H and O–H groups in total. The fourth-order valence-electron chi connectivity index (χ4n) is 1.32. The number of amides is 1. The lowest BCUT2D eigenvalue weighted by atomic mass is 9.97. The highest BCUT2D eigenvalue weighted by Gasteiger charge is 2.13. The van der Waals surface area contributed by atoms with Gasteiger partial charge in [-0.25, -0.2) is 0 Å². The molecule has 1 aromatic rings. The Morgan fingerprint density at radius 2 is 2.18 bits per heavy atom. The van der Waals surface area contributed by atoms with E-state index in [1.165, 1.54) is 0 Å². The van der Waals surface area contributed by atoms with E-state index >= 15 is 0 Å². The van der Waals surface area contributed by atoms with Crippen molar-refractivity contribution < 1.29 is 9.90 Å². The number of carbonyl (C=O) groups excluding carboxylic acids is 1. The summed E-state index contributed by atoms with van der Waals surface area (Å²) in [6.07, 6.45) is 2.07. The molecule has 1 heterocycles. The van der Waals surface area contributed by atoms with Crippen molar-refractivity contribution in [3.8, 4) is 0 Å². The summed E-state index contributed by atoms with van der Waals surface area (Å²) >= 11 is 0. The van der Waals surface area contributed by atoms with Crippen molar-refractivity contribution >= 4 is 5.91 Å². The number of hydrogen-bond donors (Lipinski definition) is 2. The van der Waals surface area contributed by atoms with Crippen LogP contribution in [0.1, 0.15) is 36.8 Å². The molecule has 4 heteroatoms. The Balaban J connectivity index is 2.65. The number of aliphatic hydroxyl groups excluding tert-OH is 1. The minimum absolute atomic E-state index is 0.0417. The molecule has 4 nitrogen and oxygen atoms in total. The molecule has 1 rings (SSSR count). The summed E-state index contributed by atoms with van der Waals surface area (Å²) < 4.78 is 0. The lowest BCUT2D eigenvalue weighted by Gasteiger charge is -2.18. The van der Waals surface area contributed by atoms with Gasteiger partial charge in [-0.1, -0.05) is 20.8 Å². The van der Waals surface area contributed by atoms with Gasteiger partial charge in [0.25, 0.3) is 5.91 Å². The molecule has 0 aliphatic rings. The second-order valence-electron chi connectivity index (χ2n) is 5.25. The fourth-order valence-corrected chi connectivity index (χ4v) is 1.32. The Labute approximate surface area is 102 Å². The van der Waals surface area contributed by atoms with E-state index in [0.717, 1.165) is 5.69 Å². The number of pyridine rings is 1. The summed E-state index contributed by atoms with van der Waals surface area (Å²) in [4.78, 5) is 15.9. The summed E-state index contributed by atoms with van der Waals surface area (Å²) in [5.74, 6) is -0.0958. The number of rotatable bonds is 4.